The van der Waals surface area contributed by atoms with Crippen LogP contribution in [-0.2, 0) is 21.5 Å². The second-order valence-electron chi connectivity index (χ2n) is 7.86. The van der Waals surface area contributed by atoms with Gasteiger partial charge >= 0.3 is 0 Å². The van der Waals surface area contributed by atoms with Gasteiger partial charge < -0.3 is 10.1 Å². The van der Waals surface area contributed by atoms with E-state index in [1.807, 2.05) is 24.3 Å². The van der Waals surface area contributed by atoms with Crippen molar-refractivity contribution in [3.63, 3.8) is 0 Å². The number of benzene rings is 1. The van der Waals surface area contributed by atoms with Crippen molar-refractivity contribution >= 4 is 16.1 Å². The first-order valence-corrected chi connectivity index (χ1v) is 11.5. The highest BCUT2D eigenvalue weighted by molar-refractivity contribution is 7.86. The molecule has 8 heteroatoms. The Labute approximate surface area is 168 Å². The highest BCUT2D eigenvalue weighted by Gasteiger charge is 2.36. The van der Waals surface area contributed by atoms with Crippen LogP contribution in [0.5, 0.6) is 5.75 Å². The quantitative estimate of drug-likeness (QED) is 0.779. The number of amides is 1. The topological polar surface area (TPSA) is 79.0 Å². The molecule has 0 radical (unpaired) electrons. The lowest BCUT2D eigenvalue weighted by Crippen LogP contribution is -2.52. The molecule has 0 bridgehead atoms. The van der Waals surface area contributed by atoms with Gasteiger partial charge in [0.1, 0.15) is 5.75 Å². The van der Waals surface area contributed by atoms with Crippen LogP contribution in [0.3, 0.4) is 0 Å². The van der Waals surface area contributed by atoms with Gasteiger partial charge in [-0.05, 0) is 49.3 Å². The molecule has 2 aliphatic rings. The number of carbonyl (C=O) groups excluding carboxylic acids is 1. The Bertz CT molecular complexity index is 775. The van der Waals surface area contributed by atoms with Crippen LogP contribution in [0, 0.1) is 11.8 Å². The van der Waals surface area contributed by atoms with Gasteiger partial charge in [0.15, 0.2) is 0 Å². The molecule has 156 valence electrons. The molecule has 1 aromatic carbocycles. The number of hydrogen-bond donors (Lipinski definition) is 1. The normalized spacial score (nSPS) is 22.7. The second kappa shape index (κ2) is 9.24. The molecule has 3 rings (SSSR count). The van der Waals surface area contributed by atoms with Crippen molar-refractivity contribution in [1.29, 1.82) is 0 Å². The molecular weight excluding hydrogens is 378 g/mol. The number of nitrogens with zero attached hydrogens (tertiary/aromatic N) is 2. The van der Waals surface area contributed by atoms with E-state index in [9.17, 15) is 13.2 Å². The van der Waals surface area contributed by atoms with Gasteiger partial charge in [-0.3, -0.25) is 4.79 Å². The lowest BCUT2D eigenvalue weighted by atomic mass is 9.99. The van der Waals surface area contributed by atoms with E-state index in [4.69, 9.17) is 4.74 Å². The van der Waals surface area contributed by atoms with E-state index in [1.165, 1.54) is 4.31 Å². The number of ether oxygens (including phenoxy) is 1. The summed E-state index contributed by atoms with van der Waals surface area (Å²) in [6.07, 6.45) is 3.22. The summed E-state index contributed by atoms with van der Waals surface area (Å²) < 4.78 is 34.2. The third-order valence-electron chi connectivity index (χ3n) is 5.75. The van der Waals surface area contributed by atoms with E-state index in [1.54, 1.807) is 11.4 Å². The molecule has 2 heterocycles. The van der Waals surface area contributed by atoms with Crippen molar-refractivity contribution in [2.75, 3.05) is 33.3 Å². The number of piperidine rings is 2. The van der Waals surface area contributed by atoms with E-state index < -0.39 is 10.2 Å². The summed E-state index contributed by atoms with van der Waals surface area (Å²) >= 11 is 0. The summed E-state index contributed by atoms with van der Waals surface area (Å²) in [6.45, 7) is 4.47. The summed E-state index contributed by atoms with van der Waals surface area (Å²) in [5, 5.41) is 2.95. The van der Waals surface area contributed by atoms with E-state index >= 15 is 0 Å². The lowest BCUT2D eigenvalue weighted by Gasteiger charge is -2.37. The first kappa shape index (κ1) is 21.1. The number of rotatable bonds is 6. The highest BCUT2D eigenvalue weighted by atomic mass is 32.2. The first-order valence-electron chi connectivity index (χ1n) is 10.1. The van der Waals surface area contributed by atoms with E-state index in [0.717, 1.165) is 24.2 Å². The van der Waals surface area contributed by atoms with Crippen LogP contribution < -0.4 is 10.1 Å². The largest absolute Gasteiger partial charge is 0.497 e. The molecule has 0 aliphatic carbocycles. The monoisotopic (exact) mass is 409 g/mol. The molecule has 28 heavy (non-hydrogen) atoms. The minimum Gasteiger partial charge on any atom is -0.497 e. The molecule has 7 nitrogen and oxygen atoms in total. The van der Waals surface area contributed by atoms with Gasteiger partial charge in [-0.25, -0.2) is 0 Å². The molecule has 0 spiro atoms. The van der Waals surface area contributed by atoms with Gasteiger partial charge in [0.05, 0.1) is 13.0 Å². The second-order valence-corrected chi connectivity index (χ2v) is 9.78. The summed E-state index contributed by atoms with van der Waals surface area (Å²) in [7, 11) is -1.87. The maximum atomic E-state index is 13.0. The van der Waals surface area contributed by atoms with E-state index in [2.05, 4.69) is 12.2 Å². The van der Waals surface area contributed by atoms with Gasteiger partial charge in [-0.1, -0.05) is 19.1 Å². The van der Waals surface area contributed by atoms with Crippen molar-refractivity contribution in [1.82, 2.24) is 13.9 Å². The van der Waals surface area contributed by atoms with E-state index in [0.29, 0.717) is 44.9 Å². The molecule has 1 aromatic rings. The minimum absolute atomic E-state index is 0.0880. The average Bonchev–Trinajstić information content (AvgIpc) is 2.72. The number of hydrogen-bond acceptors (Lipinski definition) is 4. The molecule has 1 atom stereocenters. The lowest BCUT2D eigenvalue weighted by molar-refractivity contribution is -0.126. The Morgan fingerprint density at radius 1 is 1.18 bits per heavy atom. The smallest absolute Gasteiger partial charge is 0.281 e. The Balaban J connectivity index is 1.57. The molecule has 1 N–H and O–H groups in total. The number of methoxy groups -OCH3 is 1. The molecular formula is C20H31N3O4S. The van der Waals surface area contributed by atoms with Crippen molar-refractivity contribution in [2.45, 2.75) is 39.2 Å². The fourth-order valence-electron chi connectivity index (χ4n) is 3.86. The van der Waals surface area contributed by atoms with Crippen molar-refractivity contribution in [3.05, 3.63) is 29.8 Å². The number of carbonyl (C=O) groups is 1. The summed E-state index contributed by atoms with van der Waals surface area (Å²) in [4.78, 5) is 12.6. The predicted molar refractivity (Wildman–Crippen MR) is 108 cm³/mol. The SMILES string of the molecule is COc1cccc(CNC(=O)C2CCCN(S(=O)(=O)N3CCC(C)CC3)C2)c1. The van der Waals surface area contributed by atoms with Crippen molar-refractivity contribution < 1.29 is 17.9 Å². The highest BCUT2D eigenvalue weighted by Crippen LogP contribution is 2.25. The van der Waals surface area contributed by atoms with Crippen LogP contribution in [-0.4, -0.2) is 56.2 Å². The van der Waals surface area contributed by atoms with Crippen LogP contribution in [0.2, 0.25) is 0 Å². The summed E-state index contributed by atoms with van der Waals surface area (Å²) in [5.74, 6) is 0.924. The van der Waals surface area contributed by atoms with Gasteiger partial charge in [-0.2, -0.15) is 17.0 Å². The molecule has 2 aliphatic heterocycles. The standard InChI is InChI=1S/C20H31N3O4S/c1-16-8-11-22(12-9-16)28(25,26)23-10-4-6-18(15-23)20(24)21-14-17-5-3-7-19(13-17)27-2/h3,5,7,13,16,18H,4,6,8-12,14-15H2,1-2H3,(H,21,24). The van der Waals surface area contributed by atoms with Crippen LogP contribution in [0.15, 0.2) is 24.3 Å². The maximum Gasteiger partial charge on any atom is 0.281 e. The van der Waals surface area contributed by atoms with Gasteiger partial charge in [0, 0.05) is 32.7 Å². The average molecular weight is 410 g/mol. The zero-order valence-electron chi connectivity index (χ0n) is 16.8. The minimum atomic E-state index is -3.48. The van der Waals surface area contributed by atoms with Gasteiger partial charge in [0.25, 0.3) is 10.2 Å². The van der Waals surface area contributed by atoms with E-state index in [-0.39, 0.29) is 18.4 Å². The molecule has 2 fully saturated rings. The van der Waals surface area contributed by atoms with Gasteiger partial charge in [-0.15, -0.1) is 0 Å². The van der Waals surface area contributed by atoms with Gasteiger partial charge in [0.2, 0.25) is 5.91 Å². The zero-order chi connectivity index (χ0) is 20.1. The summed E-state index contributed by atoms with van der Waals surface area (Å²) in [5.41, 5.74) is 0.954. The predicted octanol–water partition coefficient (Wildman–Crippen LogP) is 2.00. The third kappa shape index (κ3) is 5.04. The first-order chi connectivity index (χ1) is 13.4. The molecule has 0 aromatic heterocycles. The molecule has 2 saturated heterocycles. The van der Waals surface area contributed by atoms with Crippen LogP contribution in [0.25, 0.3) is 0 Å². The van der Waals surface area contributed by atoms with Crippen molar-refractivity contribution in [3.8, 4) is 5.75 Å². The Morgan fingerprint density at radius 3 is 2.64 bits per heavy atom. The van der Waals surface area contributed by atoms with Crippen molar-refractivity contribution in [2.24, 2.45) is 11.8 Å². The fourth-order valence-corrected chi connectivity index (χ4v) is 5.59. The van der Waals surface area contributed by atoms with Crippen LogP contribution in [0.1, 0.15) is 38.2 Å². The Morgan fingerprint density at radius 2 is 1.93 bits per heavy atom. The Kier molecular flexibility index (Phi) is 6.95. The maximum absolute atomic E-state index is 13.0. The molecule has 0 saturated carbocycles. The third-order valence-corrected chi connectivity index (χ3v) is 7.75. The fraction of sp³-hybridized carbons (Fsp3) is 0.650. The zero-order valence-corrected chi connectivity index (χ0v) is 17.6. The number of nitrogens with one attached hydrogen (secondary N) is 1. The van der Waals surface area contributed by atoms with Crippen LogP contribution in [0.4, 0.5) is 0 Å². The Hall–Kier alpha value is -1.64. The van der Waals surface area contributed by atoms with Crippen LogP contribution >= 0.6 is 0 Å². The summed E-state index contributed by atoms with van der Waals surface area (Å²) in [6, 6.07) is 7.55. The molecule has 1 amide bonds. The molecule has 1 unspecified atom stereocenters.